The van der Waals surface area contributed by atoms with Gasteiger partial charge in [-0.15, -0.1) is 11.3 Å². The van der Waals surface area contributed by atoms with Crippen LogP contribution in [-0.2, 0) is 6.54 Å². The van der Waals surface area contributed by atoms with Crippen molar-refractivity contribution in [3.8, 4) is 33.2 Å². The van der Waals surface area contributed by atoms with Gasteiger partial charge in [-0.3, -0.25) is 20.0 Å². The zero-order chi connectivity index (χ0) is 25.9. The Hall–Kier alpha value is -4.09. The van der Waals surface area contributed by atoms with Gasteiger partial charge in [0.25, 0.3) is 5.92 Å². The second kappa shape index (κ2) is 8.74. The third kappa shape index (κ3) is 4.04. The van der Waals surface area contributed by atoms with Crippen molar-refractivity contribution in [2.45, 2.75) is 18.9 Å². The average Bonchev–Trinajstić information content (AvgIpc) is 3.69. The molecule has 6 heterocycles. The minimum Gasteiger partial charge on any atom is -0.336 e. The molecule has 7 rings (SSSR count). The van der Waals surface area contributed by atoms with Crippen molar-refractivity contribution in [2.75, 3.05) is 13.1 Å². The number of likely N-dealkylation sites (tertiary alicyclic amines) is 1. The molecule has 11 heteroatoms. The van der Waals surface area contributed by atoms with Crippen molar-refractivity contribution in [3.63, 3.8) is 0 Å². The lowest BCUT2D eigenvalue weighted by Gasteiger charge is -2.16. The predicted molar refractivity (Wildman–Crippen MR) is 140 cm³/mol. The maximum Gasteiger partial charge on any atom is 0.261 e. The molecule has 7 nitrogen and oxygen atoms in total. The van der Waals surface area contributed by atoms with Gasteiger partial charge in [0.15, 0.2) is 5.82 Å². The van der Waals surface area contributed by atoms with E-state index in [1.165, 1.54) is 6.07 Å². The highest BCUT2D eigenvalue weighted by atomic mass is 32.1. The summed E-state index contributed by atoms with van der Waals surface area (Å²) >= 11 is 1.59. The smallest absolute Gasteiger partial charge is 0.261 e. The van der Waals surface area contributed by atoms with Gasteiger partial charge in [0, 0.05) is 60.7 Å². The third-order valence-corrected chi connectivity index (χ3v) is 7.67. The summed E-state index contributed by atoms with van der Waals surface area (Å²) in [7, 11) is 0. The Morgan fingerprint density at radius 2 is 2.00 bits per heavy atom. The van der Waals surface area contributed by atoms with Crippen molar-refractivity contribution in [1.82, 2.24) is 35.0 Å². The van der Waals surface area contributed by atoms with Crippen molar-refractivity contribution in [1.29, 1.82) is 0 Å². The SMILES string of the molecule is Fc1cc2[nH]nc(-c3nc4c(-c5cccs5)nccc4[nH]3)c2cc1-c1cncc(CN2CCC(F)(F)C2)c1. The Balaban J connectivity index is 1.27. The zero-order valence-electron chi connectivity index (χ0n) is 19.9. The molecule has 190 valence electrons. The highest BCUT2D eigenvalue weighted by Gasteiger charge is 2.37. The first-order valence-corrected chi connectivity index (χ1v) is 12.9. The number of aromatic amines is 2. The van der Waals surface area contributed by atoms with Crippen LogP contribution in [0.3, 0.4) is 0 Å². The number of halogens is 3. The van der Waals surface area contributed by atoms with Gasteiger partial charge in [-0.1, -0.05) is 6.07 Å². The second-order valence-corrected chi connectivity index (χ2v) is 10.4. The first-order valence-electron chi connectivity index (χ1n) is 12.0. The number of benzene rings is 1. The van der Waals surface area contributed by atoms with Crippen molar-refractivity contribution < 1.29 is 13.2 Å². The van der Waals surface area contributed by atoms with E-state index in [0.717, 1.165) is 27.2 Å². The Morgan fingerprint density at radius 1 is 1.08 bits per heavy atom. The van der Waals surface area contributed by atoms with E-state index in [-0.39, 0.29) is 13.0 Å². The topological polar surface area (TPSA) is 86.4 Å². The number of aromatic nitrogens is 6. The highest BCUT2D eigenvalue weighted by Crippen LogP contribution is 2.35. The van der Waals surface area contributed by atoms with E-state index in [4.69, 9.17) is 4.98 Å². The molecule has 0 bridgehead atoms. The molecule has 0 atom stereocenters. The number of H-pyrrole nitrogens is 2. The van der Waals surface area contributed by atoms with E-state index >= 15 is 4.39 Å². The molecule has 5 aromatic heterocycles. The third-order valence-electron chi connectivity index (χ3n) is 6.79. The fraction of sp³-hybridized carbons (Fsp3) is 0.185. The number of nitrogens with zero attached hydrogens (tertiary/aromatic N) is 5. The first kappa shape index (κ1) is 23.1. The van der Waals surface area contributed by atoms with Gasteiger partial charge < -0.3 is 4.98 Å². The number of alkyl halides is 2. The fourth-order valence-corrected chi connectivity index (χ4v) is 5.72. The number of rotatable bonds is 5. The molecule has 0 amide bonds. The molecule has 0 aliphatic carbocycles. The fourth-order valence-electron chi connectivity index (χ4n) is 5.00. The second-order valence-electron chi connectivity index (χ2n) is 9.47. The van der Waals surface area contributed by atoms with Gasteiger partial charge in [0.1, 0.15) is 22.7 Å². The normalized spacial score (nSPS) is 15.7. The first-order chi connectivity index (χ1) is 18.4. The summed E-state index contributed by atoms with van der Waals surface area (Å²) in [5.41, 5.74) is 5.07. The number of nitrogens with one attached hydrogen (secondary N) is 2. The molecule has 6 aromatic rings. The summed E-state index contributed by atoms with van der Waals surface area (Å²) in [6.07, 6.45) is 4.79. The Morgan fingerprint density at radius 3 is 2.82 bits per heavy atom. The van der Waals surface area contributed by atoms with Gasteiger partial charge >= 0.3 is 0 Å². The van der Waals surface area contributed by atoms with Crippen LogP contribution in [0, 0.1) is 5.82 Å². The van der Waals surface area contributed by atoms with Crippen LogP contribution >= 0.6 is 11.3 Å². The van der Waals surface area contributed by atoms with Crippen LogP contribution in [-0.4, -0.2) is 54.0 Å². The van der Waals surface area contributed by atoms with Gasteiger partial charge in [-0.05, 0) is 35.2 Å². The van der Waals surface area contributed by atoms with E-state index in [1.807, 2.05) is 23.6 Å². The molecule has 38 heavy (non-hydrogen) atoms. The van der Waals surface area contributed by atoms with E-state index < -0.39 is 11.7 Å². The standard InChI is InChI=1S/C27H20F3N7S/c28-19-10-21-18(9-17(19)16-8-15(11-31-12-16)13-37-6-4-27(29,30)14-37)23(36-35-21)26-33-20-3-5-32-25(24(20)34-26)22-2-1-7-38-22/h1-3,5,7-12H,4,6,13-14H2,(H,33,34)(H,35,36). The predicted octanol–water partition coefficient (Wildman–Crippen LogP) is 6.27. The molecule has 1 saturated heterocycles. The minimum atomic E-state index is -2.67. The Labute approximate surface area is 218 Å². The summed E-state index contributed by atoms with van der Waals surface area (Å²) in [6.45, 7) is 0.366. The summed E-state index contributed by atoms with van der Waals surface area (Å²) in [4.78, 5) is 19.6. The van der Waals surface area contributed by atoms with Gasteiger partial charge in [-0.2, -0.15) is 5.10 Å². The van der Waals surface area contributed by atoms with Crippen LogP contribution in [0.15, 0.2) is 60.4 Å². The number of pyridine rings is 2. The van der Waals surface area contributed by atoms with Crippen molar-refractivity contribution in [2.24, 2.45) is 0 Å². The molecule has 0 saturated carbocycles. The quantitative estimate of drug-likeness (QED) is 0.274. The van der Waals surface area contributed by atoms with Gasteiger partial charge in [0.05, 0.1) is 22.5 Å². The van der Waals surface area contributed by atoms with Crippen LogP contribution in [0.25, 0.3) is 55.2 Å². The zero-order valence-corrected chi connectivity index (χ0v) is 20.7. The van der Waals surface area contributed by atoms with E-state index in [0.29, 0.717) is 46.6 Å². The van der Waals surface area contributed by atoms with Crippen LogP contribution in [0.4, 0.5) is 13.2 Å². The number of thiophene rings is 1. The maximum atomic E-state index is 15.2. The molecule has 1 aliphatic rings. The van der Waals surface area contributed by atoms with Crippen LogP contribution in [0.5, 0.6) is 0 Å². The number of fused-ring (bicyclic) bond motifs is 2. The van der Waals surface area contributed by atoms with Crippen LogP contribution in [0.1, 0.15) is 12.0 Å². The van der Waals surface area contributed by atoms with Gasteiger partial charge in [-0.25, -0.2) is 18.2 Å². The van der Waals surface area contributed by atoms with E-state index in [2.05, 4.69) is 25.1 Å². The van der Waals surface area contributed by atoms with Crippen LogP contribution < -0.4 is 0 Å². The number of imidazole rings is 1. The monoisotopic (exact) mass is 531 g/mol. The lowest BCUT2D eigenvalue weighted by molar-refractivity contribution is 0.0115. The van der Waals surface area contributed by atoms with Gasteiger partial charge in [0.2, 0.25) is 0 Å². The summed E-state index contributed by atoms with van der Waals surface area (Å²) in [5, 5.41) is 10.0. The number of hydrogen-bond donors (Lipinski definition) is 2. The lowest BCUT2D eigenvalue weighted by atomic mass is 10.0. The summed E-state index contributed by atoms with van der Waals surface area (Å²) in [6, 6.07) is 10.7. The maximum absolute atomic E-state index is 15.2. The summed E-state index contributed by atoms with van der Waals surface area (Å²) < 4.78 is 42.5. The van der Waals surface area contributed by atoms with Crippen molar-refractivity contribution >= 4 is 33.3 Å². The average molecular weight is 532 g/mol. The van der Waals surface area contributed by atoms with E-state index in [9.17, 15) is 8.78 Å². The van der Waals surface area contributed by atoms with Crippen molar-refractivity contribution in [3.05, 3.63) is 71.7 Å². The molecule has 0 radical (unpaired) electrons. The molecule has 1 aliphatic heterocycles. The molecule has 1 aromatic carbocycles. The largest absolute Gasteiger partial charge is 0.336 e. The Kier molecular flexibility index (Phi) is 5.31. The molecule has 2 N–H and O–H groups in total. The highest BCUT2D eigenvalue weighted by molar-refractivity contribution is 7.13. The minimum absolute atomic E-state index is 0.151. The summed E-state index contributed by atoms with van der Waals surface area (Å²) in [5.74, 6) is -2.57. The molecule has 0 spiro atoms. The lowest BCUT2D eigenvalue weighted by Crippen LogP contribution is -2.24. The molecule has 1 fully saturated rings. The molecular formula is C27H20F3N7S. The molecular weight excluding hydrogens is 511 g/mol. The molecule has 0 unspecified atom stereocenters. The van der Waals surface area contributed by atoms with E-state index in [1.54, 1.807) is 47.0 Å². The van der Waals surface area contributed by atoms with Crippen LogP contribution in [0.2, 0.25) is 0 Å². The number of hydrogen-bond acceptors (Lipinski definition) is 6. The Bertz CT molecular complexity index is 1790.